The number of halogens is 8. The van der Waals surface area contributed by atoms with Crippen LogP contribution in [0.15, 0.2) is 0 Å². The van der Waals surface area contributed by atoms with E-state index in [4.69, 9.17) is 58.0 Å². The van der Waals surface area contributed by atoms with E-state index in [1.807, 2.05) is 6.92 Å². The lowest BCUT2D eigenvalue weighted by Gasteiger charge is -2.27. The van der Waals surface area contributed by atoms with Gasteiger partial charge in [0.1, 0.15) is 5.82 Å². The number of nitrogens with zero attached hydrogens (tertiary/aromatic N) is 3. The summed E-state index contributed by atoms with van der Waals surface area (Å²) in [5.41, 5.74) is 0. The molecular weight excluding hydrogens is 384 g/mol. The first-order chi connectivity index (χ1) is 8.93. The van der Waals surface area contributed by atoms with E-state index < -0.39 is 20.3 Å². The van der Waals surface area contributed by atoms with Gasteiger partial charge in [-0.1, -0.05) is 71.3 Å². The van der Waals surface area contributed by atoms with Gasteiger partial charge in [-0.25, -0.2) is 4.57 Å². The molecule has 116 valence electrons. The minimum Gasteiger partial charge on any atom is -0.220 e. The molecule has 0 N–H and O–H groups in total. The zero-order chi connectivity index (χ0) is 15.8. The molecule has 1 aromatic heterocycles. The first kappa shape index (κ1) is 18.4. The summed E-state index contributed by atoms with van der Waals surface area (Å²) in [7, 11) is 0. The van der Waals surface area contributed by atoms with Crippen LogP contribution in [0.25, 0.3) is 0 Å². The van der Waals surface area contributed by atoms with Gasteiger partial charge in [-0.3, -0.25) is 0 Å². The molecule has 11 heteroatoms. The monoisotopic (exact) mass is 391 g/mol. The molecule has 0 aliphatic heterocycles. The Hall–Kier alpha value is 0.380. The molecular formula is C9H9Cl5F3N3. The molecule has 0 amide bonds. The maximum Gasteiger partial charge on any atom is 0.491 e. The SMILES string of the molecule is CCCCc1nnc(C(Cl)(Cl)C(Cl)(Cl)Cl)n1C(F)(F)F. The van der Waals surface area contributed by atoms with Gasteiger partial charge in [-0.15, -0.1) is 23.4 Å². The Kier molecular flexibility index (Phi) is 5.75. The Morgan fingerprint density at radius 3 is 2.00 bits per heavy atom. The van der Waals surface area contributed by atoms with Crippen molar-refractivity contribution in [2.24, 2.45) is 0 Å². The largest absolute Gasteiger partial charge is 0.491 e. The lowest BCUT2D eigenvalue weighted by Crippen LogP contribution is -2.35. The van der Waals surface area contributed by atoms with Crippen molar-refractivity contribution in [1.82, 2.24) is 14.8 Å². The highest BCUT2D eigenvalue weighted by molar-refractivity contribution is 6.75. The molecule has 1 rings (SSSR count). The number of aryl methyl sites for hydroxylation is 1. The third-order valence-corrected chi connectivity index (χ3v) is 4.71. The summed E-state index contributed by atoms with van der Waals surface area (Å²) in [5.74, 6) is -1.21. The fraction of sp³-hybridized carbons (Fsp3) is 0.778. The highest BCUT2D eigenvalue weighted by atomic mass is 35.6. The van der Waals surface area contributed by atoms with Gasteiger partial charge in [0.25, 0.3) is 0 Å². The first-order valence-electron chi connectivity index (χ1n) is 5.39. The summed E-state index contributed by atoms with van der Waals surface area (Å²) in [5, 5.41) is 6.80. The predicted octanol–water partition coefficient (Wildman–Crippen LogP) is 5.10. The van der Waals surface area contributed by atoms with E-state index in [1.165, 1.54) is 0 Å². The lowest BCUT2D eigenvalue weighted by atomic mass is 10.2. The molecule has 0 spiro atoms. The average Bonchev–Trinajstić information content (AvgIpc) is 2.68. The highest BCUT2D eigenvalue weighted by Gasteiger charge is 2.54. The van der Waals surface area contributed by atoms with Crippen LogP contribution < -0.4 is 0 Å². The highest BCUT2D eigenvalue weighted by Crippen LogP contribution is 2.53. The molecule has 0 fully saturated rings. The van der Waals surface area contributed by atoms with E-state index >= 15 is 0 Å². The fourth-order valence-electron chi connectivity index (χ4n) is 1.41. The van der Waals surface area contributed by atoms with Crippen LogP contribution in [0.1, 0.15) is 31.4 Å². The van der Waals surface area contributed by atoms with Crippen LogP contribution in [0, 0.1) is 0 Å². The van der Waals surface area contributed by atoms with Crippen LogP contribution in [0.4, 0.5) is 13.2 Å². The molecule has 1 heterocycles. The predicted molar refractivity (Wildman–Crippen MR) is 73.6 cm³/mol. The number of aromatic nitrogens is 3. The summed E-state index contributed by atoms with van der Waals surface area (Å²) in [6.45, 7) is 1.82. The second kappa shape index (κ2) is 6.24. The molecule has 0 bridgehead atoms. The minimum atomic E-state index is -4.83. The van der Waals surface area contributed by atoms with Gasteiger partial charge < -0.3 is 0 Å². The molecule has 0 aliphatic carbocycles. The van der Waals surface area contributed by atoms with Gasteiger partial charge >= 0.3 is 6.30 Å². The van der Waals surface area contributed by atoms with Crippen LogP contribution in [0.3, 0.4) is 0 Å². The zero-order valence-electron chi connectivity index (χ0n) is 9.99. The van der Waals surface area contributed by atoms with Crippen molar-refractivity contribution in [3.05, 3.63) is 11.6 Å². The topological polar surface area (TPSA) is 30.7 Å². The number of hydrogen-bond donors (Lipinski definition) is 0. The van der Waals surface area contributed by atoms with E-state index in [0.29, 0.717) is 12.8 Å². The normalized spacial score (nSPS) is 13.8. The van der Waals surface area contributed by atoms with Crippen LogP contribution >= 0.6 is 58.0 Å². The number of unbranched alkanes of at least 4 members (excludes halogenated alkanes) is 1. The Morgan fingerprint density at radius 2 is 1.60 bits per heavy atom. The molecule has 0 saturated heterocycles. The maximum absolute atomic E-state index is 13.1. The van der Waals surface area contributed by atoms with Gasteiger partial charge in [0.15, 0.2) is 5.82 Å². The number of alkyl halides is 8. The number of hydrogen-bond acceptors (Lipinski definition) is 2. The summed E-state index contributed by atoms with van der Waals surface area (Å²) in [6.07, 6.45) is -3.61. The molecule has 0 saturated carbocycles. The summed E-state index contributed by atoms with van der Waals surface area (Å²) >= 11 is 28.0. The van der Waals surface area contributed by atoms with Gasteiger partial charge in [0.2, 0.25) is 8.13 Å². The van der Waals surface area contributed by atoms with Crippen molar-refractivity contribution in [2.45, 2.75) is 40.6 Å². The second-order valence-corrected chi connectivity index (χ2v) is 7.53. The second-order valence-electron chi connectivity index (χ2n) is 3.92. The maximum atomic E-state index is 13.1. The van der Waals surface area contributed by atoms with Crippen molar-refractivity contribution < 1.29 is 13.2 Å². The van der Waals surface area contributed by atoms with E-state index in [2.05, 4.69) is 10.2 Å². The molecule has 1 aromatic rings. The molecule has 0 unspecified atom stereocenters. The van der Waals surface area contributed by atoms with Crippen LogP contribution in [-0.2, 0) is 17.1 Å². The molecule has 0 aliphatic rings. The van der Waals surface area contributed by atoms with Gasteiger partial charge in [-0.2, -0.15) is 0 Å². The van der Waals surface area contributed by atoms with E-state index in [-0.39, 0.29) is 16.8 Å². The molecule has 3 nitrogen and oxygen atoms in total. The van der Waals surface area contributed by atoms with Crippen molar-refractivity contribution >= 4 is 58.0 Å². The minimum absolute atomic E-state index is 0.0483. The lowest BCUT2D eigenvalue weighted by molar-refractivity contribution is -0.207. The molecule has 20 heavy (non-hydrogen) atoms. The third-order valence-electron chi connectivity index (χ3n) is 2.37. The summed E-state index contributed by atoms with van der Waals surface area (Å²) < 4.78 is 34.3. The standard InChI is InChI=1S/C9H9Cl5F3N3/c1-2-3-4-5-18-19-6(20(5)9(15,16)17)7(10,11)8(12,13)14/h2-4H2,1H3. The van der Waals surface area contributed by atoms with Crippen LogP contribution in [-0.4, -0.2) is 18.6 Å². The van der Waals surface area contributed by atoms with Crippen molar-refractivity contribution in [3.63, 3.8) is 0 Å². The van der Waals surface area contributed by atoms with Crippen molar-refractivity contribution in [2.75, 3.05) is 0 Å². The zero-order valence-corrected chi connectivity index (χ0v) is 13.8. The van der Waals surface area contributed by atoms with Gasteiger partial charge in [0.05, 0.1) is 0 Å². The van der Waals surface area contributed by atoms with Crippen molar-refractivity contribution in [1.29, 1.82) is 0 Å². The summed E-state index contributed by atoms with van der Waals surface area (Å²) in [4.78, 5) is 0. The van der Waals surface area contributed by atoms with Gasteiger partial charge in [0, 0.05) is 6.42 Å². The quantitative estimate of drug-likeness (QED) is 0.667. The average molecular weight is 393 g/mol. The van der Waals surface area contributed by atoms with Crippen LogP contribution in [0.5, 0.6) is 0 Å². The Morgan fingerprint density at radius 1 is 1.05 bits per heavy atom. The molecule has 0 aromatic carbocycles. The van der Waals surface area contributed by atoms with E-state index in [1.54, 1.807) is 0 Å². The third kappa shape index (κ3) is 3.77. The fourth-order valence-corrected chi connectivity index (χ4v) is 1.91. The summed E-state index contributed by atoms with van der Waals surface area (Å²) in [6, 6.07) is 0. The smallest absolute Gasteiger partial charge is 0.220 e. The Labute approximate surface area is 138 Å². The van der Waals surface area contributed by atoms with Crippen LogP contribution in [0.2, 0.25) is 0 Å². The van der Waals surface area contributed by atoms with Crippen molar-refractivity contribution in [3.8, 4) is 0 Å². The molecule has 0 atom stereocenters. The Bertz CT molecular complexity index is 466. The van der Waals surface area contributed by atoms with E-state index in [0.717, 1.165) is 0 Å². The van der Waals surface area contributed by atoms with Gasteiger partial charge in [-0.05, 0) is 6.42 Å². The van der Waals surface area contributed by atoms with E-state index in [9.17, 15) is 13.2 Å². The first-order valence-corrected chi connectivity index (χ1v) is 7.28. The number of rotatable bonds is 4. The molecule has 0 radical (unpaired) electrons. The Balaban J connectivity index is 3.38.